The SMILES string of the molecule is CC(C)(C)c1nc(NS(=O)(=O)Cc2ccc(Cl)cc2Cl)no1. The zero-order valence-electron chi connectivity index (χ0n) is 12.2. The zero-order valence-corrected chi connectivity index (χ0v) is 14.6. The van der Waals surface area contributed by atoms with Crippen molar-refractivity contribution in [2.24, 2.45) is 0 Å². The van der Waals surface area contributed by atoms with E-state index in [0.29, 0.717) is 16.5 Å². The molecule has 22 heavy (non-hydrogen) atoms. The Labute approximate surface area is 138 Å². The molecule has 0 saturated heterocycles. The number of rotatable bonds is 4. The predicted octanol–water partition coefficient (Wildman–Crippen LogP) is 3.62. The van der Waals surface area contributed by atoms with Crippen molar-refractivity contribution in [1.29, 1.82) is 0 Å². The number of sulfonamides is 1. The normalized spacial score (nSPS) is 12.4. The summed E-state index contributed by atoms with van der Waals surface area (Å²) in [6.45, 7) is 5.64. The van der Waals surface area contributed by atoms with E-state index in [1.807, 2.05) is 20.8 Å². The Balaban J connectivity index is 2.16. The molecule has 2 rings (SSSR count). The van der Waals surface area contributed by atoms with Crippen LogP contribution in [-0.2, 0) is 21.2 Å². The van der Waals surface area contributed by atoms with Gasteiger partial charge in [-0.05, 0) is 22.9 Å². The van der Waals surface area contributed by atoms with Crippen LogP contribution in [0.4, 0.5) is 5.95 Å². The van der Waals surface area contributed by atoms with E-state index in [-0.39, 0.29) is 22.1 Å². The molecule has 9 heteroatoms. The molecule has 0 aliphatic carbocycles. The Morgan fingerprint density at radius 3 is 2.50 bits per heavy atom. The molecule has 0 unspecified atom stereocenters. The number of nitrogens with zero attached hydrogens (tertiary/aromatic N) is 2. The zero-order chi connectivity index (χ0) is 16.5. The molecule has 0 spiro atoms. The van der Waals surface area contributed by atoms with Crippen molar-refractivity contribution in [3.8, 4) is 0 Å². The van der Waals surface area contributed by atoms with Gasteiger partial charge in [0.25, 0.3) is 5.95 Å². The topological polar surface area (TPSA) is 85.1 Å². The summed E-state index contributed by atoms with van der Waals surface area (Å²) in [6, 6.07) is 4.62. The van der Waals surface area contributed by atoms with Gasteiger partial charge in [-0.2, -0.15) is 4.98 Å². The predicted molar refractivity (Wildman–Crippen MR) is 85.7 cm³/mol. The summed E-state index contributed by atoms with van der Waals surface area (Å²) in [4.78, 5) is 4.02. The lowest BCUT2D eigenvalue weighted by molar-refractivity contribution is 0.321. The molecule has 0 amide bonds. The average molecular weight is 364 g/mol. The molecular weight excluding hydrogens is 349 g/mol. The Hall–Kier alpha value is -1.31. The lowest BCUT2D eigenvalue weighted by Crippen LogP contribution is -2.17. The first kappa shape index (κ1) is 17.1. The maximum absolute atomic E-state index is 12.1. The first-order valence-electron chi connectivity index (χ1n) is 6.35. The number of halogens is 2. The van der Waals surface area contributed by atoms with E-state index < -0.39 is 10.0 Å². The fourth-order valence-corrected chi connectivity index (χ4v) is 3.24. The maximum Gasteiger partial charge on any atom is 0.277 e. The molecule has 1 N–H and O–H groups in total. The largest absolute Gasteiger partial charge is 0.337 e. The smallest absolute Gasteiger partial charge is 0.277 e. The molecule has 0 saturated carbocycles. The van der Waals surface area contributed by atoms with Gasteiger partial charge in [-0.1, -0.05) is 50.0 Å². The third-order valence-corrected chi connectivity index (χ3v) is 4.45. The van der Waals surface area contributed by atoms with Gasteiger partial charge in [-0.15, -0.1) is 0 Å². The second-order valence-electron chi connectivity index (χ2n) is 5.77. The fourth-order valence-electron chi connectivity index (χ4n) is 1.59. The molecule has 2 aromatic rings. The highest BCUT2D eigenvalue weighted by Gasteiger charge is 2.23. The molecule has 0 aliphatic heterocycles. The molecule has 6 nitrogen and oxygen atoms in total. The quantitative estimate of drug-likeness (QED) is 0.896. The van der Waals surface area contributed by atoms with Crippen LogP contribution in [-0.4, -0.2) is 18.6 Å². The first-order valence-corrected chi connectivity index (χ1v) is 8.76. The number of benzene rings is 1. The summed E-state index contributed by atoms with van der Waals surface area (Å²) in [7, 11) is -3.72. The Morgan fingerprint density at radius 2 is 1.95 bits per heavy atom. The van der Waals surface area contributed by atoms with Crippen LogP contribution in [0, 0.1) is 0 Å². The fraction of sp³-hybridized carbons (Fsp3) is 0.385. The third-order valence-electron chi connectivity index (χ3n) is 2.68. The van der Waals surface area contributed by atoms with Crippen LogP contribution in [0.5, 0.6) is 0 Å². The van der Waals surface area contributed by atoms with Gasteiger partial charge in [0.05, 0.1) is 5.75 Å². The molecule has 1 heterocycles. The minimum absolute atomic E-state index is 0.102. The summed E-state index contributed by atoms with van der Waals surface area (Å²) in [5.74, 6) is -0.0766. The van der Waals surface area contributed by atoms with Crippen LogP contribution in [0.1, 0.15) is 32.2 Å². The molecule has 120 valence electrons. The summed E-state index contributed by atoms with van der Waals surface area (Å²) in [5, 5.41) is 4.33. The van der Waals surface area contributed by atoms with Crippen molar-refractivity contribution in [3.05, 3.63) is 39.7 Å². The van der Waals surface area contributed by atoms with E-state index >= 15 is 0 Å². The summed E-state index contributed by atoms with van der Waals surface area (Å²) < 4.78 is 31.6. The van der Waals surface area contributed by atoms with Crippen LogP contribution < -0.4 is 4.72 Å². The summed E-state index contributed by atoms with van der Waals surface area (Å²) >= 11 is 11.8. The molecule has 1 aromatic carbocycles. The van der Waals surface area contributed by atoms with Crippen molar-refractivity contribution >= 4 is 39.2 Å². The van der Waals surface area contributed by atoms with Gasteiger partial charge in [0.2, 0.25) is 15.9 Å². The van der Waals surface area contributed by atoms with Crippen molar-refractivity contribution in [2.75, 3.05) is 4.72 Å². The molecule has 0 fully saturated rings. The third kappa shape index (κ3) is 4.34. The van der Waals surface area contributed by atoms with E-state index in [0.717, 1.165) is 0 Å². The van der Waals surface area contributed by atoms with Crippen molar-refractivity contribution in [1.82, 2.24) is 10.1 Å². The van der Waals surface area contributed by atoms with Gasteiger partial charge in [0.1, 0.15) is 0 Å². The Bertz CT molecular complexity index is 782. The highest BCUT2D eigenvalue weighted by atomic mass is 35.5. The molecule has 0 bridgehead atoms. The molecule has 0 atom stereocenters. The second kappa shape index (κ2) is 6.06. The van der Waals surface area contributed by atoms with E-state index in [9.17, 15) is 8.42 Å². The van der Waals surface area contributed by atoms with Gasteiger partial charge in [-0.3, -0.25) is 0 Å². The highest BCUT2D eigenvalue weighted by molar-refractivity contribution is 7.91. The van der Waals surface area contributed by atoms with Crippen molar-refractivity contribution in [2.45, 2.75) is 31.9 Å². The van der Waals surface area contributed by atoms with Crippen molar-refractivity contribution in [3.63, 3.8) is 0 Å². The van der Waals surface area contributed by atoms with Crippen molar-refractivity contribution < 1.29 is 12.9 Å². The lowest BCUT2D eigenvalue weighted by atomic mass is 9.97. The monoisotopic (exact) mass is 363 g/mol. The van der Waals surface area contributed by atoms with Gasteiger partial charge in [0.15, 0.2) is 0 Å². The van der Waals surface area contributed by atoms with Crippen LogP contribution in [0.3, 0.4) is 0 Å². The number of anilines is 1. The maximum atomic E-state index is 12.1. The van der Waals surface area contributed by atoms with Gasteiger partial charge >= 0.3 is 0 Å². The summed E-state index contributed by atoms with van der Waals surface area (Å²) in [5.41, 5.74) is 0.0639. The van der Waals surface area contributed by atoms with Gasteiger partial charge in [-0.25, -0.2) is 13.1 Å². The number of nitrogens with one attached hydrogen (secondary N) is 1. The van der Waals surface area contributed by atoms with E-state index in [1.165, 1.54) is 6.07 Å². The Kier molecular flexibility index (Phi) is 4.70. The first-order chi connectivity index (χ1) is 10.1. The van der Waals surface area contributed by atoms with E-state index in [1.54, 1.807) is 12.1 Å². The molecule has 0 aliphatic rings. The number of aromatic nitrogens is 2. The standard InChI is InChI=1S/C13H15Cl2N3O3S/c1-13(2,3)11-16-12(17-21-11)18-22(19,20)7-8-4-5-9(14)6-10(8)15/h4-6H,7H2,1-3H3,(H,17,18). The van der Waals surface area contributed by atoms with Crippen LogP contribution in [0.2, 0.25) is 10.0 Å². The lowest BCUT2D eigenvalue weighted by Gasteiger charge is -2.10. The molecular formula is C13H15Cl2N3O3S. The number of hydrogen-bond acceptors (Lipinski definition) is 5. The highest BCUT2D eigenvalue weighted by Crippen LogP contribution is 2.24. The number of hydrogen-bond donors (Lipinski definition) is 1. The van der Waals surface area contributed by atoms with Gasteiger partial charge < -0.3 is 4.52 Å². The van der Waals surface area contributed by atoms with Crippen LogP contribution >= 0.6 is 23.2 Å². The second-order valence-corrected chi connectivity index (χ2v) is 8.34. The Morgan fingerprint density at radius 1 is 1.27 bits per heavy atom. The minimum Gasteiger partial charge on any atom is -0.337 e. The molecule has 0 radical (unpaired) electrons. The van der Waals surface area contributed by atoms with E-state index in [2.05, 4.69) is 14.9 Å². The minimum atomic E-state index is -3.72. The average Bonchev–Trinajstić information content (AvgIpc) is 2.80. The van der Waals surface area contributed by atoms with Crippen LogP contribution in [0.25, 0.3) is 0 Å². The van der Waals surface area contributed by atoms with Gasteiger partial charge in [0, 0.05) is 15.5 Å². The summed E-state index contributed by atoms with van der Waals surface area (Å²) in [6.07, 6.45) is 0. The van der Waals surface area contributed by atoms with Crippen LogP contribution in [0.15, 0.2) is 22.7 Å². The van der Waals surface area contributed by atoms with E-state index in [4.69, 9.17) is 27.7 Å². The molecule has 1 aromatic heterocycles.